The molecule has 0 unspecified atom stereocenters. The maximum Gasteiger partial charge on any atom is 0.409 e. The highest BCUT2D eigenvalue weighted by Gasteiger charge is 2.35. The summed E-state index contributed by atoms with van der Waals surface area (Å²) in [6.45, 7) is 3.86. The van der Waals surface area contributed by atoms with Gasteiger partial charge < -0.3 is 24.8 Å². The highest BCUT2D eigenvalue weighted by molar-refractivity contribution is 6.00. The summed E-state index contributed by atoms with van der Waals surface area (Å²) in [5.74, 6) is -1.07. The first-order valence-electron chi connectivity index (χ1n) is 9.82. The molecule has 2 aliphatic heterocycles. The molecule has 0 saturated carbocycles. The van der Waals surface area contributed by atoms with Crippen LogP contribution in [0, 0.1) is 5.92 Å². The maximum atomic E-state index is 12.4. The van der Waals surface area contributed by atoms with Gasteiger partial charge in [-0.3, -0.25) is 14.4 Å². The molecule has 1 aromatic carbocycles. The van der Waals surface area contributed by atoms with Crippen molar-refractivity contribution in [3.63, 3.8) is 0 Å². The molecule has 0 aromatic heterocycles. The molecule has 2 saturated heterocycles. The second-order valence-electron chi connectivity index (χ2n) is 7.03. The predicted molar refractivity (Wildman–Crippen MR) is 105 cm³/mol. The third-order valence-electron chi connectivity index (χ3n) is 5.14. The van der Waals surface area contributed by atoms with Crippen molar-refractivity contribution in [2.75, 3.05) is 50.8 Å². The molecular weight excluding hydrogens is 376 g/mol. The fourth-order valence-electron chi connectivity index (χ4n) is 3.51. The fraction of sp³-hybridized carbons (Fsp3) is 0.500. The largest absolute Gasteiger partial charge is 0.450 e. The van der Waals surface area contributed by atoms with Gasteiger partial charge in [0.2, 0.25) is 17.7 Å². The summed E-state index contributed by atoms with van der Waals surface area (Å²) < 4.78 is 4.96. The van der Waals surface area contributed by atoms with E-state index in [1.165, 1.54) is 0 Å². The van der Waals surface area contributed by atoms with E-state index < -0.39 is 5.92 Å². The van der Waals surface area contributed by atoms with Crippen LogP contribution in [0.5, 0.6) is 0 Å². The second-order valence-corrected chi connectivity index (χ2v) is 7.03. The van der Waals surface area contributed by atoms with Crippen LogP contribution in [-0.4, -0.2) is 79.5 Å². The number of nitrogens with one attached hydrogen (secondary N) is 1. The van der Waals surface area contributed by atoms with Crippen LogP contribution in [0.1, 0.15) is 13.3 Å². The number of carbonyl (C=O) groups excluding carboxylic acids is 4. The van der Waals surface area contributed by atoms with Crippen LogP contribution in [0.25, 0.3) is 0 Å². The first-order valence-corrected chi connectivity index (χ1v) is 9.82. The molecule has 1 N–H and O–H groups in total. The number of nitrogens with zero attached hydrogens (tertiary/aromatic N) is 3. The van der Waals surface area contributed by atoms with Crippen molar-refractivity contribution >= 4 is 29.5 Å². The van der Waals surface area contributed by atoms with Gasteiger partial charge in [-0.15, -0.1) is 0 Å². The van der Waals surface area contributed by atoms with E-state index in [2.05, 4.69) is 5.32 Å². The predicted octanol–water partition coefficient (Wildman–Crippen LogP) is 0.456. The molecule has 0 bridgehead atoms. The molecule has 4 amide bonds. The Bertz CT molecular complexity index is 761. The molecule has 1 aromatic rings. The number of rotatable bonds is 5. The summed E-state index contributed by atoms with van der Waals surface area (Å²) in [7, 11) is 0. The van der Waals surface area contributed by atoms with Crippen LogP contribution in [-0.2, 0) is 19.1 Å². The van der Waals surface area contributed by atoms with Gasteiger partial charge in [0.05, 0.1) is 19.1 Å². The molecule has 3 rings (SSSR count). The number of hydrogen-bond donors (Lipinski definition) is 1. The summed E-state index contributed by atoms with van der Waals surface area (Å²) in [4.78, 5) is 53.5. The van der Waals surface area contributed by atoms with Gasteiger partial charge in [0, 0.05) is 44.8 Å². The Labute approximate surface area is 169 Å². The van der Waals surface area contributed by atoms with E-state index in [1.54, 1.807) is 21.6 Å². The average Bonchev–Trinajstić information content (AvgIpc) is 3.14. The van der Waals surface area contributed by atoms with Crippen LogP contribution in [0.2, 0.25) is 0 Å². The van der Waals surface area contributed by atoms with Crippen molar-refractivity contribution in [2.45, 2.75) is 13.3 Å². The van der Waals surface area contributed by atoms with Crippen LogP contribution in [0.4, 0.5) is 10.5 Å². The van der Waals surface area contributed by atoms with Crippen LogP contribution >= 0.6 is 0 Å². The van der Waals surface area contributed by atoms with Gasteiger partial charge in [-0.1, -0.05) is 18.2 Å². The Balaban J connectivity index is 1.43. The molecular formula is C20H26N4O5. The smallest absolute Gasteiger partial charge is 0.409 e. The number of ether oxygens (including phenoxy) is 1. The molecule has 156 valence electrons. The lowest BCUT2D eigenvalue weighted by Gasteiger charge is -2.34. The average molecular weight is 402 g/mol. The summed E-state index contributed by atoms with van der Waals surface area (Å²) in [5, 5.41) is 2.65. The number of benzene rings is 1. The van der Waals surface area contributed by atoms with Crippen molar-refractivity contribution < 1.29 is 23.9 Å². The first kappa shape index (κ1) is 20.6. The van der Waals surface area contributed by atoms with Gasteiger partial charge in [-0.25, -0.2) is 4.79 Å². The van der Waals surface area contributed by atoms with Crippen molar-refractivity contribution in [2.24, 2.45) is 5.92 Å². The summed E-state index contributed by atoms with van der Waals surface area (Å²) in [5.41, 5.74) is 0.767. The Morgan fingerprint density at radius 1 is 1.07 bits per heavy atom. The molecule has 0 aliphatic carbocycles. The molecule has 1 atom stereocenters. The van der Waals surface area contributed by atoms with Crippen LogP contribution < -0.4 is 10.2 Å². The Kier molecular flexibility index (Phi) is 6.69. The maximum absolute atomic E-state index is 12.4. The number of amides is 4. The topological polar surface area (TPSA) is 99.3 Å². The standard InChI is InChI=1S/C20H26N4O5/c1-2-29-20(28)23-10-8-22(9-11-23)18(26)13-21-19(27)15-12-17(25)24(14-15)16-6-4-3-5-7-16/h3-7,15H,2,8-14H2,1H3,(H,21,27)/t15-/m1/s1. The lowest BCUT2D eigenvalue weighted by atomic mass is 10.1. The number of anilines is 1. The lowest BCUT2D eigenvalue weighted by Crippen LogP contribution is -2.53. The van der Waals surface area contributed by atoms with Crippen molar-refractivity contribution in [3.8, 4) is 0 Å². The van der Waals surface area contributed by atoms with Gasteiger partial charge in [-0.05, 0) is 19.1 Å². The zero-order valence-corrected chi connectivity index (χ0v) is 16.5. The molecule has 29 heavy (non-hydrogen) atoms. The van der Waals surface area contributed by atoms with E-state index in [4.69, 9.17) is 4.74 Å². The minimum Gasteiger partial charge on any atom is -0.450 e. The van der Waals surface area contributed by atoms with Gasteiger partial charge in [-0.2, -0.15) is 0 Å². The molecule has 2 heterocycles. The Hall–Kier alpha value is -3.10. The molecule has 0 spiro atoms. The molecule has 2 aliphatic rings. The van der Waals surface area contributed by atoms with E-state index >= 15 is 0 Å². The van der Waals surface area contributed by atoms with Crippen molar-refractivity contribution in [1.82, 2.24) is 15.1 Å². The lowest BCUT2D eigenvalue weighted by molar-refractivity contribution is -0.135. The van der Waals surface area contributed by atoms with Gasteiger partial charge >= 0.3 is 6.09 Å². The third kappa shape index (κ3) is 5.04. The molecule has 9 nitrogen and oxygen atoms in total. The fourth-order valence-corrected chi connectivity index (χ4v) is 3.51. The van der Waals surface area contributed by atoms with E-state index in [0.29, 0.717) is 39.3 Å². The molecule has 0 radical (unpaired) electrons. The highest BCUT2D eigenvalue weighted by atomic mass is 16.6. The SMILES string of the molecule is CCOC(=O)N1CCN(C(=O)CNC(=O)[C@@H]2CC(=O)N(c3ccccc3)C2)CC1. The van der Waals surface area contributed by atoms with Gasteiger partial charge in [0.1, 0.15) is 0 Å². The number of carbonyl (C=O) groups is 4. The van der Waals surface area contributed by atoms with Gasteiger partial charge in [0.25, 0.3) is 0 Å². The summed E-state index contributed by atoms with van der Waals surface area (Å²) >= 11 is 0. The zero-order valence-electron chi connectivity index (χ0n) is 16.5. The van der Waals surface area contributed by atoms with E-state index in [9.17, 15) is 19.2 Å². The van der Waals surface area contributed by atoms with Crippen LogP contribution in [0.15, 0.2) is 30.3 Å². The van der Waals surface area contributed by atoms with Crippen molar-refractivity contribution in [3.05, 3.63) is 30.3 Å². The number of piperazine rings is 1. The summed E-state index contributed by atoms with van der Waals surface area (Å²) in [6, 6.07) is 9.22. The second kappa shape index (κ2) is 9.40. The summed E-state index contributed by atoms with van der Waals surface area (Å²) in [6.07, 6.45) is -0.241. The first-order chi connectivity index (χ1) is 14.0. The van der Waals surface area contributed by atoms with Crippen LogP contribution in [0.3, 0.4) is 0 Å². The van der Waals surface area contributed by atoms with E-state index in [0.717, 1.165) is 5.69 Å². The quantitative estimate of drug-likeness (QED) is 0.771. The number of hydrogen-bond acceptors (Lipinski definition) is 5. The highest BCUT2D eigenvalue weighted by Crippen LogP contribution is 2.24. The zero-order chi connectivity index (χ0) is 20.8. The Morgan fingerprint density at radius 3 is 2.38 bits per heavy atom. The minimum absolute atomic E-state index is 0.0993. The molecule has 2 fully saturated rings. The Morgan fingerprint density at radius 2 is 1.72 bits per heavy atom. The van der Waals surface area contributed by atoms with Crippen molar-refractivity contribution in [1.29, 1.82) is 0 Å². The minimum atomic E-state index is -0.476. The third-order valence-corrected chi connectivity index (χ3v) is 5.14. The number of para-hydroxylation sites is 1. The van der Waals surface area contributed by atoms with E-state index in [-0.39, 0.29) is 36.8 Å². The monoisotopic (exact) mass is 402 g/mol. The van der Waals surface area contributed by atoms with E-state index in [1.807, 2.05) is 30.3 Å². The molecule has 9 heteroatoms. The normalized spacial score (nSPS) is 19.3. The van der Waals surface area contributed by atoms with Gasteiger partial charge in [0.15, 0.2) is 0 Å².